The van der Waals surface area contributed by atoms with Gasteiger partial charge in [0.05, 0.1) is 12.8 Å². The Bertz CT molecular complexity index is 904. The first-order valence-corrected chi connectivity index (χ1v) is 8.25. The van der Waals surface area contributed by atoms with Gasteiger partial charge in [0.15, 0.2) is 11.9 Å². The second-order valence-corrected chi connectivity index (χ2v) is 5.62. The predicted molar refractivity (Wildman–Crippen MR) is 95.7 cm³/mol. The molecule has 0 aliphatic carbocycles. The number of carbonyl (C=O) groups is 1. The van der Waals surface area contributed by atoms with Crippen molar-refractivity contribution >= 4 is 5.91 Å². The number of hydrogen-bond acceptors (Lipinski definition) is 5. The molecule has 2 aromatic heterocycles. The molecule has 26 heavy (non-hydrogen) atoms. The normalized spacial score (nSPS) is 11.7. The van der Waals surface area contributed by atoms with Gasteiger partial charge in [0, 0.05) is 12.6 Å². The van der Waals surface area contributed by atoms with Crippen LogP contribution in [0.1, 0.15) is 6.92 Å². The number of nitrogens with zero attached hydrogens (tertiary/aromatic N) is 2. The minimum Gasteiger partial charge on any atom is -0.481 e. The van der Waals surface area contributed by atoms with Crippen molar-refractivity contribution in [1.29, 1.82) is 0 Å². The van der Waals surface area contributed by atoms with Gasteiger partial charge in [0.1, 0.15) is 11.4 Å². The lowest BCUT2D eigenvalue weighted by Gasteiger charge is -2.14. The first-order chi connectivity index (χ1) is 12.6. The summed E-state index contributed by atoms with van der Waals surface area (Å²) in [5, 5.41) is 7.00. The predicted octanol–water partition coefficient (Wildman–Crippen LogP) is 2.09. The van der Waals surface area contributed by atoms with Crippen molar-refractivity contribution in [2.75, 3.05) is 6.54 Å². The average Bonchev–Trinajstić information content (AvgIpc) is 3.18. The zero-order valence-electron chi connectivity index (χ0n) is 14.3. The Kier molecular flexibility index (Phi) is 5.48. The summed E-state index contributed by atoms with van der Waals surface area (Å²) in [4.78, 5) is 24.0. The number of aromatic nitrogens is 2. The van der Waals surface area contributed by atoms with Gasteiger partial charge >= 0.3 is 0 Å². The van der Waals surface area contributed by atoms with Gasteiger partial charge in [-0.25, -0.2) is 4.68 Å². The van der Waals surface area contributed by atoms with E-state index in [1.54, 1.807) is 43.5 Å². The lowest BCUT2D eigenvalue weighted by molar-refractivity contribution is -0.127. The van der Waals surface area contributed by atoms with Crippen molar-refractivity contribution in [3.8, 4) is 17.2 Å². The zero-order chi connectivity index (χ0) is 18.4. The standard InChI is InChI=1S/C19H19N3O4/c1-14(26-15-6-3-2-4-7-15)19(24)20-11-12-22-18(23)10-9-16(21-22)17-8-5-13-25-17/h2-10,13-14H,11-12H2,1H3,(H,20,24). The van der Waals surface area contributed by atoms with Crippen LogP contribution in [-0.4, -0.2) is 28.3 Å². The molecule has 1 amide bonds. The number of nitrogens with one attached hydrogen (secondary N) is 1. The maximum Gasteiger partial charge on any atom is 0.266 e. The molecule has 1 unspecified atom stereocenters. The van der Waals surface area contributed by atoms with Gasteiger partial charge in [-0.1, -0.05) is 18.2 Å². The van der Waals surface area contributed by atoms with Crippen molar-refractivity contribution < 1.29 is 13.9 Å². The highest BCUT2D eigenvalue weighted by molar-refractivity contribution is 5.80. The molecule has 0 aliphatic rings. The van der Waals surface area contributed by atoms with Crippen LogP contribution in [0.2, 0.25) is 0 Å². The van der Waals surface area contributed by atoms with Gasteiger partial charge in [-0.2, -0.15) is 5.10 Å². The van der Waals surface area contributed by atoms with Crippen molar-refractivity contribution in [3.05, 3.63) is 71.2 Å². The van der Waals surface area contributed by atoms with E-state index in [1.165, 1.54) is 10.7 Å². The molecule has 0 aliphatic heterocycles. The first kappa shape index (κ1) is 17.5. The van der Waals surface area contributed by atoms with Crippen molar-refractivity contribution in [2.45, 2.75) is 19.6 Å². The third-order valence-corrected chi connectivity index (χ3v) is 3.69. The number of carbonyl (C=O) groups excluding carboxylic acids is 1. The summed E-state index contributed by atoms with van der Waals surface area (Å²) in [6.45, 7) is 2.18. The summed E-state index contributed by atoms with van der Waals surface area (Å²) in [6, 6.07) is 15.7. The van der Waals surface area contributed by atoms with Gasteiger partial charge in [0.25, 0.3) is 11.5 Å². The summed E-state index contributed by atoms with van der Waals surface area (Å²) in [5.74, 6) is 0.941. The molecule has 3 aromatic rings. The molecule has 0 saturated carbocycles. The summed E-state index contributed by atoms with van der Waals surface area (Å²) in [5.41, 5.74) is 0.310. The van der Waals surface area contributed by atoms with Gasteiger partial charge in [0.2, 0.25) is 0 Å². The van der Waals surface area contributed by atoms with Crippen LogP contribution in [0.25, 0.3) is 11.5 Å². The molecule has 0 saturated heterocycles. The highest BCUT2D eigenvalue weighted by Crippen LogP contribution is 2.15. The van der Waals surface area contributed by atoms with Crippen LogP contribution < -0.4 is 15.6 Å². The molecular formula is C19H19N3O4. The highest BCUT2D eigenvalue weighted by Gasteiger charge is 2.14. The van der Waals surface area contributed by atoms with Crippen molar-refractivity contribution in [1.82, 2.24) is 15.1 Å². The first-order valence-electron chi connectivity index (χ1n) is 8.25. The molecule has 0 bridgehead atoms. The molecule has 0 spiro atoms. The van der Waals surface area contributed by atoms with Crippen LogP contribution in [0.4, 0.5) is 0 Å². The minimum absolute atomic E-state index is 0.247. The number of ether oxygens (including phenoxy) is 1. The van der Waals surface area contributed by atoms with Crippen molar-refractivity contribution in [2.24, 2.45) is 0 Å². The molecule has 1 atom stereocenters. The molecule has 1 N–H and O–H groups in total. The van der Waals surface area contributed by atoms with Gasteiger partial charge in [-0.15, -0.1) is 0 Å². The second kappa shape index (κ2) is 8.15. The quantitative estimate of drug-likeness (QED) is 0.703. The molecule has 0 fully saturated rings. The third kappa shape index (κ3) is 4.38. The fourth-order valence-corrected chi connectivity index (χ4v) is 2.35. The molecule has 1 aromatic carbocycles. The number of rotatable bonds is 7. The maximum absolute atomic E-state index is 12.1. The smallest absolute Gasteiger partial charge is 0.266 e. The van der Waals surface area contributed by atoms with Gasteiger partial charge in [-0.05, 0) is 37.3 Å². The highest BCUT2D eigenvalue weighted by atomic mass is 16.5. The summed E-state index contributed by atoms with van der Waals surface area (Å²) in [6.07, 6.45) is 0.900. The molecule has 7 heteroatoms. The van der Waals surface area contributed by atoms with Crippen LogP contribution in [0.3, 0.4) is 0 Å². The monoisotopic (exact) mass is 353 g/mol. The number of hydrogen-bond donors (Lipinski definition) is 1. The van der Waals surface area contributed by atoms with Crippen molar-refractivity contribution in [3.63, 3.8) is 0 Å². The van der Waals surface area contributed by atoms with Crippen LogP contribution in [0.15, 0.2) is 70.1 Å². The third-order valence-electron chi connectivity index (χ3n) is 3.69. The Hall–Kier alpha value is -3.35. The van der Waals surface area contributed by atoms with E-state index in [4.69, 9.17) is 9.15 Å². The average molecular weight is 353 g/mol. The Morgan fingerprint density at radius 2 is 2.00 bits per heavy atom. The Labute approximate surface area is 150 Å². The zero-order valence-corrected chi connectivity index (χ0v) is 14.3. The SMILES string of the molecule is CC(Oc1ccccc1)C(=O)NCCn1nc(-c2ccco2)ccc1=O. The lowest BCUT2D eigenvalue weighted by atomic mass is 10.3. The van der Waals surface area contributed by atoms with E-state index in [1.807, 2.05) is 18.2 Å². The van der Waals surface area contributed by atoms with E-state index in [0.717, 1.165) is 0 Å². The van der Waals surface area contributed by atoms with E-state index in [-0.39, 0.29) is 24.6 Å². The fraction of sp³-hybridized carbons (Fsp3) is 0.211. The van der Waals surface area contributed by atoms with E-state index < -0.39 is 6.10 Å². The molecule has 2 heterocycles. The fourth-order valence-electron chi connectivity index (χ4n) is 2.35. The molecular weight excluding hydrogens is 334 g/mol. The van der Waals surface area contributed by atoms with E-state index >= 15 is 0 Å². The lowest BCUT2D eigenvalue weighted by Crippen LogP contribution is -2.39. The molecule has 3 rings (SSSR count). The van der Waals surface area contributed by atoms with Crippen LogP contribution in [0, 0.1) is 0 Å². The number of amides is 1. The van der Waals surface area contributed by atoms with E-state index in [2.05, 4.69) is 10.4 Å². The topological polar surface area (TPSA) is 86.4 Å². The maximum atomic E-state index is 12.1. The van der Waals surface area contributed by atoms with E-state index in [0.29, 0.717) is 17.2 Å². The van der Waals surface area contributed by atoms with Crippen LogP contribution in [0.5, 0.6) is 5.75 Å². The van der Waals surface area contributed by atoms with Crippen LogP contribution >= 0.6 is 0 Å². The molecule has 0 radical (unpaired) electrons. The van der Waals surface area contributed by atoms with E-state index in [9.17, 15) is 9.59 Å². The number of para-hydroxylation sites is 1. The number of furan rings is 1. The Morgan fingerprint density at radius 1 is 1.19 bits per heavy atom. The largest absolute Gasteiger partial charge is 0.481 e. The molecule has 134 valence electrons. The summed E-state index contributed by atoms with van der Waals surface area (Å²) >= 11 is 0. The Balaban J connectivity index is 1.55. The number of benzene rings is 1. The summed E-state index contributed by atoms with van der Waals surface area (Å²) < 4.78 is 12.1. The second-order valence-electron chi connectivity index (χ2n) is 5.62. The Morgan fingerprint density at radius 3 is 2.73 bits per heavy atom. The van der Waals surface area contributed by atoms with Gasteiger partial charge < -0.3 is 14.5 Å². The van der Waals surface area contributed by atoms with Crippen LogP contribution in [-0.2, 0) is 11.3 Å². The minimum atomic E-state index is -0.642. The molecule has 7 nitrogen and oxygen atoms in total. The summed E-state index contributed by atoms with van der Waals surface area (Å²) in [7, 11) is 0. The van der Waals surface area contributed by atoms with Gasteiger partial charge in [-0.3, -0.25) is 9.59 Å².